The summed E-state index contributed by atoms with van der Waals surface area (Å²) < 4.78 is 21.5. The Kier molecular flexibility index (Phi) is 3.70. The van der Waals surface area contributed by atoms with Gasteiger partial charge in [-0.15, -0.1) is 10.2 Å². The van der Waals surface area contributed by atoms with Crippen LogP contribution in [0, 0.1) is 5.82 Å². The van der Waals surface area contributed by atoms with Gasteiger partial charge in [-0.05, 0) is 28.1 Å². The maximum Gasteiger partial charge on any atom is 0.210 e. The van der Waals surface area contributed by atoms with E-state index in [0.717, 1.165) is 4.47 Å². The molecule has 2 heterocycles. The molecule has 6 nitrogen and oxygen atoms in total. The summed E-state index contributed by atoms with van der Waals surface area (Å²) in [5.41, 5.74) is 1.07. The number of hydrogen-bond acceptors (Lipinski definition) is 5. The van der Waals surface area contributed by atoms with Gasteiger partial charge in [0.2, 0.25) is 5.95 Å². The number of aromatic nitrogens is 4. The molecule has 0 bridgehead atoms. The van der Waals surface area contributed by atoms with Crippen molar-refractivity contribution in [3.8, 4) is 5.75 Å². The zero-order chi connectivity index (χ0) is 14.8. The Balaban J connectivity index is 1.91. The first kappa shape index (κ1) is 13.7. The average molecular weight is 352 g/mol. The first-order valence-corrected chi connectivity index (χ1v) is 6.89. The summed E-state index contributed by atoms with van der Waals surface area (Å²) in [7, 11) is 1.51. The van der Waals surface area contributed by atoms with Gasteiger partial charge in [-0.25, -0.2) is 9.37 Å². The fourth-order valence-electron chi connectivity index (χ4n) is 1.99. The fraction of sp³-hybridized carbons (Fsp3) is 0.154. The van der Waals surface area contributed by atoms with E-state index in [0.29, 0.717) is 22.9 Å². The minimum absolute atomic E-state index is 0.234. The van der Waals surface area contributed by atoms with E-state index < -0.39 is 0 Å². The van der Waals surface area contributed by atoms with Crippen LogP contribution in [-0.4, -0.2) is 26.7 Å². The Hall–Kier alpha value is -2.22. The SMILES string of the molecule is COc1cccc(F)c1CNc1ncc(Br)c2nncn12. The third-order valence-corrected chi connectivity index (χ3v) is 3.57. The Labute approximate surface area is 128 Å². The Morgan fingerprint density at radius 3 is 3.10 bits per heavy atom. The molecule has 0 aliphatic heterocycles. The second-order valence-corrected chi connectivity index (χ2v) is 5.08. The molecule has 0 atom stereocenters. The third-order valence-electron chi connectivity index (χ3n) is 3.01. The van der Waals surface area contributed by atoms with Crippen molar-refractivity contribution in [1.29, 1.82) is 0 Å². The van der Waals surface area contributed by atoms with Crippen LogP contribution in [0.3, 0.4) is 0 Å². The Morgan fingerprint density at radius 2 is 2.29 bits per heavy atom. The number of fused-ring (bicyclic) bond motifs is 1. The lowest BCUT2D eigenvalue weighted by atomic mass is 10.2. The molecule has 108 valence electrons. The predicted molar refractivity (Wildman–Crippen MR) is 78.8 cm³/mol. The number of anilines is 1. The monoisotopic (exact) mass is 351 g/mol. The van der Waals surface area contributed by atoms with Crippen molar-refractivity contribution in [3.05, 3.63) is 46.6 Å². The molecule has 0 aliphatic carbocycles. The molecule has 0 aliphatic rings. The average Bonchev–Trinajstić information content (AvgIpc) is 2.98. The highest BCUT2D eigenvalue weighted by atomic mass is 79.9. The molecule has 21 heavy (non-hydrogen) atoms. The molecule has 0 amide bonds. The highest BCUT2D eigenvalue weighted by Gasteiger charge is 2.11. The number of rotatable bonds is 4. The lowest BCUT2D eigenvalue weighted by molar-refractivity contribution is 0.405. The molecule has 0 radical (unpaired) electrons. The smallest absolute Gasteiger partial charge is 0.210 e. The van der Waals surface area contributed by atoms with E-state index in [-0.39, 0.29) is 12.4 Å². The maximum absolute atomic E-state index is 13.9. The summed E-state index contributed by atoms with van der Waals surface area (Å²) in [6, 6.07) is 4.71. The van der Waals surface area contributed by atoms with E-state index in [1.807, 2.05) is 0 Å². The summed E-state index contributed by atoms with van der Waals surface area (Å²) in [4.78, 5) is 4.24. The van der Waals surface area contributed by atoms with Crippen LogP contribution in [-0.2, 0) is 6.54 Å². The number of nitrogens with zero attached hydrogens (tertiary/aromatic N) is 4. The van der Waals surface area contributed by atoms with E-state index in [2.05, 4.69) is 36.4 Å². The molecule has 2 aromatic heterocycles. The van der Waals surface area contributed by atoms with E-state index in [9.17, 15) is 4.39 Å². The van der Waals surface area contributed by atoms with Gasteiger partial charge in [0.15, 0.2) is 5.65 Å². The van der Waals surface area contributed by atoms with Crippen LogP contribution in [0.15, 0.2) is 35.2 Å². The van der Waals surface area contributed by atoms with E-state index in [1.54, 1.807) is 22.7 Å². The zero-order valence-corrected chi connectivity index (χ0v) is 12.6. The molecular weight excluding hydrogens is 341 g/mol. The third kappa shape index (κ3) is 2.54. The van der Waals surface area contributed by atoms with Crippen molar-refractivity contribution in [1.82, 2.24) is 19.6 Å². The van der Waals surface area contributed by atoms with E-state index in [4.69, 9.17) is 4.74 Å². The van der Waals surface area contributed by atoms with Crippen molar-refractivity contribution < 1.29 is 9.13 Å². The first-order valence-electron chi connectivity index (χ1n) is 6.10. The lowest BCUT2D eigenvalue weighted by Gasteiger charge is -2.11. The zero-order valence-electron chi connectivity index (χ0n) is 11.0. The van der Waals surface area contributed by atoms with Crippen LogP contribution >= 0.6 is 15.9 Å². The van der Waals surface area contributed by atoms with Crippen molar-refractivity contribution in [2.45, 2.75) is 6.54 Å². The van der Waals surface area contributed by atoms with Gasteiger partial charge in [-0.3, -0.25) is 4.40 Å². The van der Waals surface area contributed by atoms with Gasteiger partial charge in [-0.1, -0.05) is 6.07 Å². The number of methoxy groups -OCH3 is 1. The molecule has 1 aromatic carbocycles. The maximum atomic E-state index is 13.9. The van der Waals surface area contributed by atoms with Gasteiger partial charge in [0.1, 0.15) is 17.9 Å². The number of benzene rings is 1. The first-order chi connectivity index (χ1) is 10.2. The highest BCUT2D eigenvalue weighted by Crippen LogP contribution is 2.23. The number of nitrogens with one attached hydrogen (secondary N) is 1. The second-order valence-electron chi connectivity index (χ2n) is 4.23. The van der Waals surface area contributed by atoms with Gasteiger partial charge in [-0.2, -0.15) is 0 Å². The number of hydrogen-bond donors (Lipinski definition) is 1. The van der Waals surface area contributed by atoms with Crippen LogP contribution in [0.2, 0.25) is 0 Å². The number of halogens is 2. The minimum atomic E-state index is -0.334. The quantitative estimate of drug-likeness (QED) is 0.782. The predicted octanol–water partition coefficient (Wildman–Crippen LogP) is 2.65. The van der Waals surface area contributed by atoms with Crippen molar-refractivity contribution in [2.75, 3.05) is 12.4 Å². The summed E-state index contributed by atoms with van der Waals surface area (Å²) in [5.74, 6) is 0.669. The van der Waals surface area contributed by atoms with Gasteiger partial charge in [0.25, 0.3) is 0 Å². The van der Waals surface area contributed by atoms with Crippen molar-refractivity contribution in [2.24, 2.45) is 0 Å². The van der Waals surface area contributed by atoms with Crippen molar-refractivity contribution >= 4 is 27.5 Å². The summed E-state index contributed by atoms with van der Waals surface area (Å²) in [5, 5.41) is 10.9. The summed E-state index contributed by atoms with van der Waals surface area (Å²) in [6.07, 6.45) is 3.15. The van der Waals surface area contributed by atoms with Gasteiger partial charge in [0.05, 0.1) is 11.6 Å². The lowest BCUT2D eigenvalue weighted by Crippen LogP contribution is -2.08. The normalized spacial score (nSPS) is 10.8. The molecule has 0 spiro atoms. The second kappa shape index (κ2) is 5.65. The molecule has 0 unspecified atom stereocenters. The Morgan fingerprint density at radius 1 is 1.43 bits per heavy atom. The van der Waals surface area contributed by atoms with Crippen LogP contribution in [0.4, 0.5) is 10.3 Å². The molecule has 0 saturated heterocycles. The van der Waals surface area contributed by atoms with E-state index >= 15 is 0 Å². The van der Waals surface area contributed by atoms with Gasteiger partial charge >= 0.3 is 0 Å². The molecule has 3 aromatic rings. The highest BCUT2D eigenvalue weighted by molar-refractivity contribution is 9.10. The Bertz CT molecular complexity index is 791. The molecule has 0 saturated carbocycles. The molecule has 1 N–H and O–H groups in total. The number of ether oxygens (including phenoxy) is 1. The van der Waals surface area contributed by atoms with Crippen LogP contribution < -0.4 is 10.1 Å². The topological polar surface area (TPSA) is 64.3 Å². The van der Waals surface area contributed by atoms with Crippen molar-refractivity contribution in [3.63, 3.8) is 0 Å². The van der Waals surface area contributed by atoms with E-state index in [1.165, 1.54) is 19.5 Å². The molecule has 3 rings (SSSR count). The van der Waals surface area contributed by atoms with Crippen LogP contribution in [0.1, 0.15) is 5.56 Å². The molecule has 8 heteroatoms. The van der Waals surface area contributed by atoms with Gasteiger partial charge < -0.3 is 10.1 Å². The summed E-state index contributed by atoms with van der Waals surface area (Å²) >= 11 is 3.35. The van der Waals surface area contributed by atoms with Crippen LogP contribution in [0.25, 0.3) is 5.65 Å². The molecular formula is C13H11BrFN5O. The summed E-state index contributed by atoms with van der Waals surface area (Å²) in [6.45, 7) is 0.234. The standard InChI is InChI=1S/C13H11BrFN5O/c1-21-11-4-2-3-10(15)8(11)5-16-13-17-6-9(14)12-19-18-7-20(12)13/h2-4,6-7H,5H2,1H3,(H,16,17). The fourth-order valence-corrected chi connectivity index (χ4v) is 2.36. The minimum Gasteiger partial charge on any atom is -0.496 e. The molecule has 0 fully saturated rings. The van der Waals surface area contributed by atoms with Crippen LogP contribution in [0.5, 0.6) is 5.75 Å². The van der Waals surface area contributed by atoms with Gasteiger partial charge in [0, 0.05) is 18.3 Å². The largest absolute Gasteiger partial charge is 0.496 e.